The van der Waals surface area contributed by atoms with E-state index in [-0.39, 0.29) is 0 Å². The Hall–Kier alpha value is -1.06. The van der Waals surface area contributed by atoms with Gasteiger partial charge >= 0.3 is 0 Å². The standard InChI is InChI=1S/C14H22N2O/c1-11-4-5-13(8-12(11)2)16-7-6-15-9-14(3,17)10-16/h4-5,8,15,17H,6-7,9-10H2,1-3H3. The van der Waals surface area contributed by atoms with Crippen LogP contribution in [0.5, 0.6) is 0 Å². The molecule has 0 saturated carbocycles. The summed E-state index contributed by atoms with van der Waals surface area (Å²) in [5, 5.41) is 13.5. The van der Waals surface area contributed by atoms with Crippen molar-refractivity contribution in [2.75, 3.05) is 31.1 Å². The highest BCUT2D eigenvalue weighted by Gasteiger charge is 2.26. The van der Waals surface area contributed by atoms with Crippen molar-refractivity contribution in [3.8, 4) is 0 Å². The lowest BCUT2D eigenvalue weighted by Gasteiger charge is -2.30. The molecule has 0 amide bonds. The largest absolute Gasteiger partial charge is 0.387 e. The molecular formula is C14H22N2O. The van der Waals surface area contributed by atoms with E-state index in [1.807, 2.05) is 6.92 Å². The molecule has 2 N–H and O–H groups in total. The fraction of sp³-hybridized carbons (Fsp3) is 0.571. The number of aryl methyl sites for hydroxylation is 2. The number of hydrogen-bond donors (Lipinski definition) is 2. The number of benzene rings is 1. The fourth-order valence-electron chi connectivity index (χ4n) is 2.26. The molecule has 1 aliphatic rings. The summed E-state index contributed by atoms with van der Waals surface area (Å²) in [4.78, 5) is 2.26. The van der Waals surface area contributed by atoms with Gasteiger partial charge in [0, 0.05) is 31.9 Å². The van der Waals surface area contributed by atoms with Crippen LogP contribution in [0.15, 0.2) is 18.2 Å². The van der Waals surface area contributed by atoms with E-state index in [0.29, 0.717) is 13.1 Å². The summed E-state index contributed by atoms with van der Waals surface area (Å²) in [7, 11) is 0. The maximum absolute atomic E-state index is 10.2. The van der Waals surface area contributed by atoms with E-state index in [0.717, 1.165) is 13.1 Å². The van der Waals surface area contributed by atoms with E-state index in [1.165, 1.54) is 16.8 Å². The molecule has 1 saturated heterocycles. The Morgan fingerprint density at radius 2 is 2.06 bits per heavy atom. The zero-order valence-corrected chi connectivity index (χ0v) is 11.0. The van der Waals surface area contributed by atoms with Crippen LogP contribution in [0, 0.1) is 13.8 Å². The first kappa shape index (κ1) is 12.4. The van der Waals surface area contributed by atoms with E-state index in [2.05, 4.69) is 42.3 Å². The van der Waals surface area contributed by atoms with Crippen molar-refractivity contribution < 1.29 is 5.11 Å². The maximum Gasteiger partial charge on any atom is 0.0917 e. The number of nitrogens with zero attached hydrogens (tertiary/aromatic N) is 1. The summed E-state index contributed by atoms with van der Waals surface area (Å²) in [5.74, 6) is 0. The molecule has 0 aliphatic carbocycles. The van der Waals surface area contributed by atoms with Gasteiger partial charge in [0.25, 0.3) is 0 Å². The normalized spacial score (nSPS) is 25.8. The Bertz CT molecular complexity index is 401. The SMILES string of the molecule is Cc1ccc(N2CCNCC(C)(O)C2)cc1C. The van der Waals surface area contributed by atoms with E-state index in [1.54, 1.807) is 0 Å². The van der Waals surface area contributed by atoms with E-state index in [4.69, 9.17) is 0 Å². The number of aliphatic hydroxyl groups is 1. The zero-order chi connectivity index (χ0) is 12.5. The first-order valence-corrected chi connectivity index (χ1v) is 6.23. The molecule has 94 valence electrons. The van der Waals surface area contributed by atoms with Crippen LogP contribution < -0.4 is 10.2 Å². The third-order valence-electron chi connectivity index (χ3n) is 3.45. The van der Waals surface area contributed by atoms with Gasteiger partial charge in [0.2, 0.25) is 0 Å². The molecular weight excluding hydrogens is 212 g/mol. The average molecular weight is 234 g/mol. The highest BCUT2D eigenvalue weighted by molar-refractivity contribution is 5.51. The molecule has 3 nitrogen and oxygen atoms in total. The summed E-state index contributed by atoms with van der Waals surface area (Å²) in [6, 6.07) is 6.50. The Morgan fingerprint density at radius 3 is 2.76 bits per heavy atom. The van der Waals surface area contributed by atoms with Crippen LogP contribution in [-0.4, -0.2) is 36.9 Å². The second-order valence-corrected chi connectivity index (χ2v) is 5.36. The van der Waals surface area contributed by atoms with Gasteiger partial charge in [0.05, 0.1) is 5.60 Å². The van der Waals surface area contributed by atoms with Crippen molar-refractivity contribution >= 4 is 5.69 Å². The van der Waals surface area contributed by atoms with Crippen LogP contribution in [0.1, 0.15) is 18.1 Å². The molecule has 0 aromatic heterocycles. The average Bonchev–Trinajstić information content (AvgIpc) is 2.43. The highest BCUT2D eigenvalue weighted by atomic mass is 16.3. The number of hydrogen-bond acceptors (Lipinski definition) is 3. The van der Waals surface area contributed by atoms with Crippen LogP contribution in [0.4, 0.5) is 5.69 Å². The topological polar surface area (TPSA) is 35.5 Å². The van der Waals surface area contributed by atoms with E-state index in [9.17, 15) is 5.11 Å². The predicted molar refractivity (Wildman–Crippen MR) is 71.6 cm³/mol. The molecule has 1 aliphatic heterocycles. The summed E-state index contributed by atoms with van der Waals surface area (Å²) < 4.78 is 0. The number of rotatable bonds is 1. The predicted octanol–water partition coefficient (Wildman–Crippen LogP) is 1.46. The Balaban J connectivity index is 2.22. The molecule has 0 spiro atoms. The Morgan fingerprint density at radius 1 is 1.29 bits per heavy atom. The molecule has 2 rings (SSSR count). The van der Waals surface area contributed by atoms with Crippen LogP contribution in [0.2, 0.25) is 0 Å². The first-order valence-electron chi connectivity index (χ1n) is 6.23. The molecule has 1 heterocycles. The van der Waals surface area contributed by atoms with Gasteiger partial charge in [-0.3, -0.25) is 0 Å². The summed E-state index contributed by atoms with van der Waals surface area (Å²) in [5.41, 5.74) is 3.17. The number of anilines is 1. The lowest BCUT2D eigenvalue weighted by atomic mass is 10.1. The summed E-state index contributed by atoms with van der Waals surface area (Å²) in [6.45, 7) is 9.35. The van der Waals surface area contributed by atoms with Crippen molar-refractivity contribution in [1.82, 2.24) is 5.32 Å². The van der Waals surface area contributed by atoms with Crippen molar-refractivity contribution in [1.29, 1.82) is 0 Å². The summed E-state index contributed by atoms with van der Waals surface area (Å²) >= 11 is 0. The van der Waals surface area contributed by atoms with E-state index >= 15 is 0 Å². The third kappa shape index (κ3) is 2.99. The Kier molecular flexibility index (Phi) is 3.40. The summed E-state index contributed by atoms with van der Waals surface area (Å²) in [6.07, 6.45) is 0. The molecule has 0 radical (unpaired) electrons. The minimum absolute atomic E-state index is 0.657. The Labute approximate surface area is 103 Å². The van der Waals surface area contributed by atoms with Crippen molar-refractivity contribution in [2.45, 2.75) is 26.4 Å². The molecule has 3 heteroatoms. The number of β-amino-alcohol motifs (C(OH)–C–C–N with tert-alkyl or cyclic N) is 1. The van der Waals surface area contributed by atoms with Gasteiger partial charge in [-0.05, 0) is 44.0 Å². The van der Waals surface area contributed by atoms with E-state index < -0.39 is 5.60 Å². The van der Waals surface area contributed by atoms with Crippen LogP contribution in [-0.2, 0) is 0 Å². The second kappa shape index (κ2) is 4.67. The van der Waals surface area contributed by atoms with Gasteiger partial charge < -0.3 is 15.3 Å². The van der Waals surface area contributed by atoms with Gasteiger partial charge in [-0.15, -0.1) is 0 Å². The molecule has 0 bridgehead atoms. The molecule has 17 heavy (non-hydrogen) atoms. The molecule has 1 aromatic carbocycles. The smallest absolute Gasteiger partial charge is 0.0917 e. The monoisotopic (exact) mass is 234 g/mol. The zero-order valence-electron chi connectivity index (χ0n) is 11.0. The molecule has 1 atom stereocenters. The lowest BCUT2D eigenvalue weighted by molar-refractivity contribution is 0.0729. The molecule has 1 fully saturated rings. The minimum Gasteiger partial charge on any atom is -0.387 e. The molecule has 1 aromatic rings. The highest BCUT2D eigenvalue weighted by Crippen LogP contribution is 2.21. The first-order chi connectivity index (χ1) is 7.98. The van der Waals surface area contributed by atoms with Crippen molar-refractivity contribution in [2.24, 2.45) is 0 Å². The van der Waals surface area contributed by atoms with Crippen molar-refractivity contribution in [3.63, 3.8) is 0 Å². The third-order valence-corrected chi connectivity index (χ3v) is 3.45. The van der Waals surface area contributed by atoms with Gasteiger partial charge in [-0.2, -0.15) is 0 Å². The molecule has 1 unspecified atom stereocenters. The van der Waals surface area contributed by atoms with Crippen LogP contribution in [0.3, 0.4) is 0 Å². The minimum atomic E-state index is -0.657. The quantitative estimate of drug-likeness (QED) is 0.772. The van der Waals surface area contributed by atoms with Crippen LogP contribution in [0.25, 0.3) is 0 Å². The maximum atomic E-state index is 10.2. The van der Waals surface area contributed by atoms with Gasteiger partial charge in [0.1, 0.15) is 0 Å². The number of nitrogens with one attached hydrogen (secondary N) is 1. The van der Waals surface area contributed by atoms with Gasteiger partial charge in [0.15, 0.2) is 0 Å². The second-order valence-electron chi connectivity index (χ2n) is 5.36. The van der Waals surface area contributed by atoms with Gasteiger partial charge in [-0.25, -0.2) is 0 Å². The van der Waals surface area contributed by atoms with Crippen molar-refractivity contribution in [3.05, 3.63) is 29.3 Å². The lowest BCUT2D eigenvalue weighted by Crippen LogP contribution is -2.43. The van der Waals surface area contributed by atoms with Crippen LogP contribution >= 0.6 is 0 Å². The van der Waals surface area contributed by atoms with Gasteiger partial charge in [-0.1, -0.05) is 6.07 Å². The fourth-order valence-corrected chi connectivity index (χ4v) is 2.26.